The zero-order chi connectivity index (χ0) is 34.4. The van der Waals surface area contributed by atoms with E-state index in [1.54, 1.807) is 0 Å². The van der Waals surface area contributed by atoms with Crippen LogP contribution in [0.15, 0.2) is 36.9 Å². The second-order valence-corrected chi connectivity index (χ2v) is 18.2. The fourth-order valence-electron chi connectivity index (χ4n) is 4.57. The van der Waals surface area contributed by atoms with Crippen molar-refractivity contribution in [3.8, 4) is 0 Å². The second-order valence-electron chi connectivity index (χ2n) is 18.2. The molecule has 0 amide bonds. The molecule has 0 aromatic carbocycles. The van der Waals surface area contributed by atoms with E-state index in [9.17, 15) is 0 Å². The van der Waals surface area contributed by atoms with Gasteiger partial charge in [-0.3, -0.25) is 20.6 Å². The van der Waals surface area contributed by atoms with Crippen molar-refractivity contribution in [1.82, 2.24) is 29.3 Å². The molecule has 0 aliphatic carbocycles. The predicted molar refractivity (Wildman–Crippen MR) is 187 cm³/mol. The summed E-state index contributed by atoms with van der Waals surface area (Å²) in [7, 11) is 0. The Morgan fingerprint density at radius 2 is 0.711 bits per heavy atom. The first kappa shape index (κ1) is 40.5. The molecule has 3 aromatic rings. The average Bonchev–Trinajstić information content (AvgIpc) is 3.54. The van der Waals surface area contributed by atoms with Gasteiger partial charge >= 0.3 is 17.1 Å². The summed E-state index contributed by atoms with van der Waals surface area (Å²) >= 11 is 0. The third kappa shape index (κ3) is 9.51. The molecular weight excluding hydrogens is 595 g/mol. The van der Waals surface area contributed by atoms with Crippen LogP contribution in [-0.2, 0) is 49.6 Å². The van der Waals surface area contributed by atoms with Crippen molar-refractivity contribution in [1.29, 1.82) is 0 Å². The van der Waals surface area contributed by atoms with Gasteiger partial charge in [-0.25, -0.2) is 12.2 Å². The number of nitrogens with zero attached hydrogens (tertiary/aromatic N) is 6. The van der Waals surface area contributed by atoms with E-state index in [0.29, 0.717) is 0 Å². The number of aromatic nitrogens is 6. The van der Waals surface area contributed by atoms with Gasteiger partial charge in [-0.15, -0.1) is 0 Å². The Bertz CT molecular complexity index is 1270. The summed E-state index contributed by atoms with van der Waals surface area (Å²) in [6.45, 7) is 48.4. The molecule has 251 valence electrons. The normalized spacial score (nSPS) is 13.1. The summed E-state index contributed by atoms with van der Waals surface area (Å²) in [6.07, 6.45) is 3.75. The van der Waals surface area contributed by atoms with Crippen LogP contribution in [0.1, 0.15) is 159 Å². The summed E-state index contributed by atoms with van der Waals surface area (Å²) < 4.78 is 6.39. The fraction of sp³-hybridized carbons (Fsp3) is 0.632. The van der Waals surface area contributed by atoms with Crippen molar-refractivity contribution in [3.63, 3.8) is 0 Å². The number of hydrogen-bond donors (Lipinski definition) is 0. The molecule has 0 bridgehead atoms. The molecule has 45 heavy (non-hydrogen) atoms. The molecule has 0 fully saturated rings. The van der Waals surface area contributed by atoms with Crippen molar-refractivity contribution in [2.75, 3.05) is 0 Å². The van der Waals surface area contributed by atoms with E-state index in [2.05, 4.69) is 163 Å². The maximum absolute atomic E-state index is 5.35. The van der Waals surface area contributed by atoms with E-state index in [1.807, 2.05) is 0 Å². The standard InChI is InChI=1S/C34H57N6.C4H5.Mn/c1-29(2,3)22-19-25(32(10,11)12)38(35-22)28(39-26(33(13,14)15)20-23(36-39)30(4,5)6)40-27(34(16,17)18)21-24(37-40)31(7,8)9;1-3-4-2;/h19-21H,1-18H3;1,3-4H,2H2;/q2*-1;+2. The Labute approximate surface area is 286 Å². The summed E-state index contributed by atoms with van der Waals surface area (Å²) in [4.78, 5) is 0. The van der Waals surface area contributed by atoms with Crippen LogP contribution in [0.5, 0.6) is 0 Å². The molecule has 1 radical (unpaired) electrons. The predicted octanol–water partition coefficient (Wildman–Crippen LogP) is 9.61. The van der Waals surface area contributed by atoms with Gasteiger partial charge in [0.15, 0.2) is 6.29 Å². The molecule has 3 aromatic heterocycles. The van der Waals surface area contributed by atoms with Crippen LogP contribution < -0.4 is 0 Å². The first-order valence-corrected chi connectivity index (χ1v) is 15.9. The minimum absolute atomic E-state index is 0. The smallest absolute Gasteiger partial charge is 0.293 e. The molecule has 3 rings (SSSR count). The zero-order valence-corrected chi connectivity index (χ0v) is 32.9. The summed E-state index contributed by atoms with van der Waals surface area (Å²) in [5.74, 6) is 0. The van der Waals surface area contributed by atoms with Crippen LogP contribution >= 0.6 is 0 Å². The van der Waals surface area contributed by atoms with Gasteiger partial charge in [-0.05, 0) is 33.3 Å². The first-order chi connectivity index (χ1) is 19.5. The van der Waals surface area contributed by atoms with E-state index in [-0.39, 0.29) is 49.6 Å². The van der Waals surface area contributed by atoms with E-state index in [0.717, 1.165) is 40.5 Å². The fourth-order valence-corrected chi connectivity index (χ4v) is 4.57. The van der Waals surface area contributed by atoms with Crippen molar-refractivity contribution in [2.24, 2.45) is 0 Å². The van der Waals surface area contributed by atoms with E-state index >= 15 is 0 Å². The van der Waals surface area contributed by atoms with Crippen LogP contribution in [0.25, 0.3) is 0 Å². The van der Waals surface area contributed by atoms with Gasteiger partial charge < -0.3 is 0 Å². The maximum Gasteiger partial charge on any atom is 2.00 e. The molecule has 0 aliphatic heterocycles. The van der Waals surface area contributed by atoms with Crippen LogP contribution in [0.3, 0.4) is 0 Å². The Hall–Kier alpha value is -2.50. The minimum atomic E-state index is -0.161. The number of allylic oxidation sites excluding steroid dienone is 2. The molecule has 6 nitrogen and oxygen atoms in total. The molecule has 0 aliphatic rings. The topological polar surface area (TPSA) is 53.5 Å². The van der Waals surface area contributed by atoms with Gasteiger partial charge in [0.05, 0.1) is 17.1 Å². The average molecular weight is 658 g/mol. The van der Waals surface area contributed by atoms with Crippen LogP contribution in [0.4, 0.5) is 0 Å². The van der Waals surface area contributed by atoms with Gasteiger partial charge in [-0.1, -0.05) is 143 Å². The Morgan fingerprint density at radius 1 is 0.511 bits per heavy atom. The van der Waals surface area contributed by atoms with Crippen molar-refractivity contribution in [3.05, 3.63) is 84.0 Å². The van der Waals surface area contributed by atoms with E-state index in [4.69, 9.17) is 21.9 Å². The SMILES string of the molecule is CC(C)(C)c1cc(C(C)(C)C)n([C-](n2nc(C(C)(C)C)cc2C(C)(C)C)n2nc(C(C)(C)C)cc2C(C)(C)C)n1.[CH-]=CC=C.[Mn+2]. The zero-order valence-electron chi connectivity index (χ0n) is 31.7. The largest absolute Gasteiger partial charge is 2.00 e. The van der Waals surface area contributed by atoms with Crippen molar-refractivity contribution >= 4 is 0 Å². The van der Waals surface area contributed by atoms with Gasteiger partial charge in [-0.2, -0.15) is 21.9 Å². The molecule has 0 unspecified atom stereocenters. The maximum atomic E-state index is 5.35. The third-order valence-corrected chi connectivity index (χ3v) is 7.44. The summed E-state index contributed by atoms with van der Waals surface area (Å²) in [6, 6.07) is 6.82. The van der Waals surface area contributed by atoms with E-state index in [1.165, 1.54) is 12.2 Å². The molecule has 7 heteroatoms. The summed E-state index contributed by atoms with van der Waals surface area (Å²) in [5, 5.41) is 16.0. The first-order valence-electron chi connectivity index (χ1n) is 15.9. The van der Waals surface area contributed by atoms with E-state index < -0.39 is 0 Å². The number of hydrogen-bond acceptors (Lipinski definition) is 3. The van der Waals surface area contributed by atoms with Gasteiger partial charge in [0.1, 0.15) is 0 Å². The van der Waals surface area contributed by atoms with Crippen LogP contribution in [0.2, 0.25) is 0 Å². The summed E-state index contributed by atoms with van der Waals surface area (Å²) in [5.41, 5.74) is 5.73. The molecule has 0 atom stereocenters. The van der Waals surface area contributed by atoms with Crippen LogP contribution in [0, 0.1) is 12.9 Å². The van der Waals surface area contributed by atoms with Crippen molar-refractivity contribution in [2.45, 2.75) is 157 Å². The Balaban J connectivity index is 0.00000191. The van der Waals surface area contributed by atoms with Gasteiger partial charge in [0.25, 0.3) is 0 Å². The molecule has 3 heterocycles. The Morgan fingerprint density at radius 3 is 0.844 bits per heavy atom. The molecule has 0 saturated heterocycles. The number of rotatable bonds is 4. The quantitative estimate of drug-likeness (QED) is 0.160. The van der Waals surface area contributed by atoms with Gasteiger partial charge in [0, 0.05) is 16.2 Å². The molecule has 0 saturated carbocycles. The van der Waals surface area contributed by atoms with Gasteiger partial charge in [0.2, 0.25) is 0 Å². The Kier molecular flexibility index (Phi) is 12.0. The second kappa shape index (κ2) is 13.3. The third-order valence-electron chi connectivity index (χ3n) is 7.44. The molecule has 0 N–H and O–H groups in total. The molecular formula is C38H62MnN6. The van der Waals surface area contributed by atoms with Crippen LogP contribution in [-0.4, -0.2) is 29.3 Å². The minimum Gasteiger partial charge on any atom is -0.293 e. The van der Waals surface area contributed by atoms with Crippen molar-refractivity contribution < 1.29 is 17.1 Å². The monoisotopic (exact) mass is 657 g/mol. The molecule has 0 spiro atoms.